The van der Waals surface area contributed by atoms with Gasteiger partial charge >= 0.3 is 0 Å². The Kier molecular flexibility index (Phi) is 4.33. The van der Waals surface area contributed by atoms with Crippen molar-refractivity contribution in [3.63, 3.8) is 0 Å². The van der Waals surface area contributed by atoms with E-state index in [4.69, 9.17) is 4.74 Å². The van der Waals surface area contributed by atoms with E-state index in [1.54, 1.807) is 4.90 Å². The van der Waals surface area contributed by atoms with Gasteiger partial charge in [-0.2, -0.15) is 0 Å². The molecule has 0 spiro atoms. The molecule has 2 rings (SSSR count). The number of hydrogen-bond acceptors (Lipinski definition) is 4. The van der Waals surface area contributed by atoms with Crippen LogP contribution in [0.1, 0.15) is 38.5 Å². The van der Waals surface area contributed by atoms with E-state index in [1.165, 1.54) is 0 Å². The highest BCUT2D eigenvalue weighted by molar-refractivity contribution is 5.83. The van der Waals surface area contributed by atoms with Crippen molar-refractivity contribution in [1.29, 1.82) is 0 Å². The summed E-state index contributed by atoms with van der Waals surface area (Å²) in [6.45, 7) is 1.07. The average Bonchev–Trinajstić information content (AvgIpc) is 2.87. The molecule has 0 aromatic carbocycles. The van der Waals surface area contributed by atoms with Crippen LogP contribution in [-0.4, -0.2) is 42.3 Å². The van der Waals surface area contributed by atoms with Gasteiger partial charge < -0.3 is 14.4 Å². The van der Waals surface area contributed by atoms with Crippen LogP contribution < -0.4 is 0 Å². The Morgan fingerprint density at radius 3 is 2.61 bits per heavy atom. The smallest absolute Gasteiger partial charge is 0.293 e. The molecule has 0 aromatic rings. The summed E-state index contributed by atoms with van der Waals surface area (Å²) in [7, 11) is 0. The van der Waals surface area contributed by atoms with Gasteiger partial charge in [-0.05, 0) is 32.1 Å². The fraction of sp³-hybridized carbons (Fsp3) is 0.769. The van der Waals surface area contributed by atoms with Gasteiger partial charge in [-0.1, -0.05) is 6.42 Å². The van der Waals surface area contributed by atoms with Crippen molar-refractivity contribution in [1.82, 2.24) is 4.90 Å². The van der Waals surface area contributed by atoms with Crippen molar-refractivity contribution >= 4 is 18.7 Å². The zero-order chi connectivity index (χ0) is 13.0. The maximum absolute atomic E-state index is 12.4. The third-order valence-corrected chi connectivity index (χ3v) is 3.99. The number of nitrogens with zero attached hydrogens (tertiary/aromatic N) is 1. The molecule has 5 nitrogen and oxygen atoms in total. The molecule has 3 atom stereocenters. The summed E-state index contributed by atoms with van der Waals surface area (Å²) in [5, 5.41) is 0. The topological polar surface area (TPSA) is 63.7 Å². The number of likely N-dealkylation sites (tertiary alicyclic amines) is 1. The Hall–Kier alpha value is -1.39. The number of aldehydes is 1. The molecule has 0 aromatic heterocycles. The Morgan fingerprint density at radius 2 is 1.89 bits per heavy atom. The molecule has 2 aliphatic rings. The van der Waals surface area contributed by atoms with Gasteiger partial charge in [0.25, 0.3) is 6.47 Å². The fourth-order valence-electron chi connectivity index (χ4n) is 3.03. The highest BCUT2D eigenvalue weighted by Gasteiger charge is 2.38. The van der Waals surface area contributed by atoms with Gasteiger partial charge in [-0.15, -0.1) is 0 Å². The van der Waals surface area contributed by atoms with Gasteiger partial charge in [0.2, 0.25) is 5.91 Å². The number of ether oxygens (including phenoxy) is 1. The Labute approximate surface area is 106 Å². The van der Waals surface area contributed by atoms with Crippen molar-refractivity contribution in [3.05, 3.63) is 0 Å². The van der Waals surface area contributed by atoms with Crippen LogP contribution in [-0.2, 0) is 19.1 Å². The van der Waals surface area contributed by atoms with E-state index in [0.29, 0.717) is 13.0 Å². The van der Waals surface area contributed by atoms with E-state index >= 15 is 0 Å². The SMILES string of the molecule is O=COC1CCCCC1C(=O)N1CCCC1C=O. The summed E-state index contributed by atoms with van der Waals surface area (Å²) in [5.41, 5.74) is 0. The van der Waals surface area contributed by atoms with Crippen LogP contribution in [0.2, 0.25) is 0 Å². The van der Waals surface area contributed by atoms with Crippen molar-refractivity contribution in [2.75, 3.05) is 6.54 Å². The molecule has 2 fully saturated rings. The average molecular weight is 253 g/mol. The van der Waals surface area contributed by atoms with Crippen molar-refractivity contribution < 1.29 is 19.1 Å². The first-order valence-corrected chi connectivity index (χ1v) is 6.63. The number of rotatable bonds is 4. The second kappa shape index (κ2) is 5.98. The van der Waals surface area contributed by atoms with Crippen LogP contribution in [0.25, 0.3) is 0 Å². The van der Waals surface area contributed by atoms with E-state index in [-0.39, 0.29) is 24.0 Å². The van der Waals surface area contributed by atoms with Gasteiger partial charge in [0, 0.05) is 6.54 Å². The van der Waals surface area contributed by atoms with Crippen LogP contribution in [0, 0.1) is 5.92 Å². The van der Waals surface area contributed by atoms with Gasteiger partial charge in [0.15, 0.2) is 0 Å². The van der Waals surface area contributed by atoms with Crippen LogP contribution >= 0.6 is 0 Å². The van der Waals surface area contributed by atoms with Crippen molar-refractivity contribution in [2.24, 2.45) is 5.92 Å². The first kappa shape index (κ1) is 13.1. The molecule has 1 saturated heterocycles. The number of carbonyl (C=O) groups excluding carboxylic acids is 3. The third kappa shape index (κ3) is 2.54. The second-order valence-corrected chi connectivity index (χ2v) is 5.04. The standard InChI is InChI=1S/C13H19NO4/c15-8-10-4-3-7-14(10)13(17)11-5-1-2-6-12(11)18-9-16/h8-12H,1-7H2. The zero-order valence-electron chi connectivity index (χ0n) is 10.4. The molecule has 0 N–H and O–H groups in total. The van der Waals surface area contributed by atoms with Crippen molar-refractivity contribution in [3.8, 4) is 0 Å². The largest absolute Gasteiger partial charge is 0.464 e. The normalized spacial score (nSPS) is 32.0. The number of amides is 1. The monoisotopic (exact) mass is 253 g/mol. The van der Waals surface area contributed by atoms with Gasteiger partial charge in [0.05, 0.1) is 12.0 Å². The van der Waals surface area contributed by atoms with E-state index in [2.05, 4.69) is 0 Å². The van der Waals surface area contributed by atoms with Crippen molar-refractivity contribution in [2.45, 2.75) is 50.7 Å². The lowest BCUT2D eigenvalue weighted by Gasteiger charge is -2.33. The predicted molar refractivity (Wildman–Crippen MR) is 63.7 cm³/mol. The summed E-state index contributed by atoms with van der Waals surface area (Å²) >= 11 is 0. The van der Waals surface area contributed by atoms with Gasteiger partial charge in [-0.25, -0.2) is 0 Å². The molecule has 0 bridgehead atoms. The number of hydrogen-bond donors (Lipinski definition) is 0. The zero-order valence-corrected chi connectivity index (χ0v) is 10.4. The predicted octanol–water partition coefficient (Wildman–Crippen LogP) is 0.908. The third-order valence-electron chi connectivity index (χ3n) is 3.99. The minimum atomic E-state index is -0.309. The fourth-order valence-corrected chi connectivity index (χ4v) is 3.03. The molecular weight excluding hydrogens is 234 g/mol. The number of carbonyl (C=O) groups is 3. The lowest BCUT2D eigenvalue weighted by molar-refractivity contribution is -0.150. The summed E-state index contributed by atoms with van der Waals surface area (Å²) in [5.74, 6) is -0.277. The van der Waals surface area contributed by atoms with E-state index < -0.39 is 0 Å². The molecule has 1 heterocycles. The molecule has 5 heteroatoms. The highest BCUT2D eigenvalue weighted by Crippen LogP contribution is 2.30. The summed E-state index contributed by atoms with van der Waals surface area (Å²) in [4.78, 5) is 35.5. The molecule has 1 aliphatic carbocycles. The Balaban J connectivity index is 2.05. The second-order valence-electron chi connectivity index (χ2n) is 5.04. The van der Waals surface area contributed by atoms with Gasteiger partial charge in [0.1, 0.15) is 12.4 Å². The molecule has 1 aliphatic heterocycles. The maximum Gasteiger partial charge on any atom is 0.293 e. The Morgan fingerprint density at radius 1 is 1.11 bits per heavy atom. The first-order chi connectivity index (χ1) is 8.77. The Bertz CT molecular complexity index is 331. The minimum absolute atomic E-state index is 0.0175. The highest BCUT2D eigenvalue weighted by atomic mass is 16.5. The molecule has 1 amide bonds. The van der Waals surface area contributed by atoms with Crippen LogP contribution in [0.5, 0.6) is 0 Å². The minimum Gasteiger partial charge on any atom is -0.464 e. The molecule has 1 saturated carbocycles. The molecule has 18 heavy (non-hydrogen) atoms. The van der Waals surface area contributed by atoms with Crippen LogP contribution in [0.15, 0.2) is 0 Å². The summed E-state index contributed by atoms with van der Waals surface area (Å²) < 4.78 is 5.03. The summed E-state index contributed by atoms with van der Waals surface area (Å²) in [6.07, 6.45) is 5.63. The molecule has 3 unspecified atom stereocenters. The van der Waals surface area contributed by atoms with Gasteiger partial charge in [-0.3, -0.25) is 9.59 Å². The lowest BCUT2D eigenvalue weighted by atomic mass is 9.85. The molecule has 100 valence electrons. The van der Waals surface area contributed by atoms with E-state index in [1.807, 2.05) is 0 Å². The van der Waals surface area contributed by atoms with Crippen LogP contribution in [0.3, 0.4) is 0 Å². The quantitative estimate of drug-likeness (QED) is 0.698. The molecular formula is C13H19NO4. The molecule has 0 radical (unpaired) electrons. The van der Waals surface area contributed by atoms with Crippen LogP contribution in [0.4, 0.5) is 0 Å². The maximum atomic E-state index is 12.4. The first-order valence-electron chi connectivity index (χ1n) is 6.63. The summed E-state index contributed by atoms with van der Waals surface area (Å²) in [6, 6.07) is -0.281. The van der Waals surface area contributed by atoms with E-state index in [0.717, 1.165) is 44.8 Å². The van der Waals surface area contributed by atoms with E-state index in [9.17, 15) is 14.4 Å². The lowest BCUT2D eigenvalue weighted by Crippen LogP contribution is -2.45.